The Morgan fingerprint density at radius 1 is 1.04 bits per heavy atom. The highest BCUT2D eigenvalue weighted by Gasteiger charge is 2.17. The van der Waals surface area contributed by atoms with Crippen LogP contribution < -0.4 is 9.83 Å². The summed E-state index contributed by atoms with van der Waals surface area (Å²) in [5.41, 5.74) is 1.35. The van der Waals surface area contributed by atoms with E-state index < -0.39 is 15.9 Å². The molecule has 7 heteroatoms. The van der Waals surface area contributed by atoms with E-state index in [0.29, 0.717) is 0 Å². The fraction of sp³-hybridized carbons (Fsp3) is 0.105. The minimum atomic E-state index is -3.73. The van der Waals surface area contributed by atoms with Crippen LogP contribution in [0.4, 0.5) is 5.69 Å². The fourth-order valence-electron chi connectivity index (χ4n) is 2.42. The first-order chi connectivity index (χ1) is 12.5. The third-order valence-corrected chi connectivity index (χ3v) is 6.52. The SMILES string of the molecule is C[C@H](N=C([O-])c1ccccc1NS(=O)(=O)c1cccs1)c1ccccc1. The van der Waals surface area contributed by atoms with Crippen molar-refractivity contribution in [1.82, 2.24) is 0 Å². The van der Waals surface area contributed by atoms with E-state index in [1.807, 2.05) is 37.3 Å². The van der Waals surface area contributed by atoms with Gasteiger partial charge in [0.25, 0.3) is 10.0 Å². The Bertz CT molecular complexity index is 998. The van der Waals surface area contributed by atoms with Crippen molar-refractivity contribution in [2.45, 2.75) is 17.2 Å². The van der Waals surface area contributed by atoms with Gasteiger partial charge in [0, 0.05) is 5.56 Å². The van der Waals surface area contributed by atoms with Crippen molar-refractivity contribution in [3.8, 4) is 0 Å². The molecule has 134 valence electrons. The second-order valence-corrected chi connectivity index (χ2v) is 8.46. The summed E-state index contributed by atoms with van der Waals surface area (Å²) < 4.78 is 27.6. The van der Waals surface area contributed by atoms with Crippen LogP contribution in [0.3, 0.4) is 0 Å². The first-order valence-corrected chi connectivity index (χ1v) is 10.3. The highest BCUT2D eigenvalue weighted by Crippen LogP contribution is 2.24. The molecule has 3 aromatic rings. The smallest absolute Gasteiger partial charge is 0.271 e. The molecule has 0 radical (unpaired) electrons. The van der Waals surface area contributed by atoms with Crippen LogP contribution in [0.2, 0.25) is 0 Å². The summed E-state index contributed by atoms with van der Waals surface area (Å²) in [7, 11) is -3.73. The first-order valence-electron chi connectivity index (χ1n) is 7.93. The number of para-hydroxylation sites is 1. The number of sulfonamides is 1. The zero-order chi connectivity index (χ0) is 18.6. The lowest BCUT2D eigenvalue weighted by Gasteiger charge is -2.19. The molecule has 26 heavy (non-hydrogen) atoms. The molecule has 2 aromatic carbocycles. The van der Waals surface area contributed by atoms with Crippen molar-refractivity contribution in [2.24, 2.45) is 4.99 Å². The van der Waals surface area contributed by atoms with E-state index in [1.54, 1.807) is 35.7 Å². The minimum Gasteiger partial charge on any atom is -0.858 e. The number of rotatable bonds is 6. The Labute approximate surface area is 156 Å². The Kier molecular flexibility index (Phi) is 5.39. The van der Waals surface area contributed by atoms with Crippen molar-refractivity contribution < 1.29 is 13.5 Å². The summed E-state index contributed by atoms with van der Waals surface area (Å²) in [6.07, 6.45) is 0. The van der Waals surface area contributed by atoms with Gasteiger partial charge in [-0.05, 0) is 35.9 Å². The van der Waals surface area contributed by atoms with Crippen molar-refractivity contribution in [3.05, 3.63) is 83.2 Å². The van der Waals surface area contributed by atoms with Crippen molar-refractivity contribution in [3.63, 3.8) is 0 Å². The molecule has 0 saturated heterocycles. The van der Waals surface area contributed by atoms with Crippen LogP contribution in [0, 0.1) is 0 Å². The van der Waals surface area contributed by atoms with E-state index >= 15 is 0 Å². The third-order valence-electron chi connectivity index (χ3n) is 3.75. The molecular formula is C19H17N2O3S2-. The molecule has 0 spiro atoms. The Balaban J connectivity index is 1.91. The molecule has 1 atom stereocenters. The van der Waals surface area contributed by atoms with Crippen LogP contribution in [0.5, 0.6) is 0 Å². The van der Waals surface area contributed by atoms with Crippen LogP contribution in [0.25, 0.3) is 0 Å². The number of anilines is 1. The second kappa shape index (κ2) is 7.72. The lowest BCUT2D eigenvalue weighted by Crippen LogP contribution is -2.23. The minimum absolute atomic E-state index is 0.189. The molecule has 5 nitrogen and oxygen atoms in total. The molecule has 1 aromatic heterocycles. The summed E-state index contributed by atoms with van der Waals surface area (Å²) >= 11 is 1.11. The van der Waals surface area contributed by atoms with Gasteiger partial charge in [-0.15, -0.1) is 11.3 Å². The predicted molar refractivity (Wildman–Crippen MR) is 103 cm³/mol. The average Bonchev–Trinajstić information content (AvgIpc) is 3.18. The monoisotopic (exact) mass is 385 g/mol. The molecule has 0 aliphatic rings. The summed E-state index contributed by atoms with van der Waals surface area (Å²) in [4.78, 5) is 4.20. The molecule has 0 bridgehead atoms. The van der Waals surface area contributed by atoms with Gasteiger partial charge in [0.2, 0.25) is 0 Å². The Morgan fingerprint density at radius 2 is 1.73 bits per heavy atom. The Morgan fingerprint density at radius 3 is 2.42 bits per heavy atom. The molecule has 0 aliphatic heterocycles. The molecule has 0 aliphatic carbocycles. The van der Waals surface area contributed by atoms with E-state index in [0.717, 1.165) is 16.9 Å². The number of hydrogen-bond donors (Lipinski definition) is 1. The van der Waals surface area contributed by atoms with E-state index in [2.05, 4.69) is 9.71 Å². The highest BCUT2D eigenvalue weighted by molar-refractivity contribution is 7.94. The third kappa shape index (κ3) is 4.12. The van der Waals surface area contributed by atoms with Gasteiger partial charge in [-0.25, -0.2) is 8.42 Å². The lowest BCUT2D eigenvalue weighted by atomic mass is 10.1. The van der Waals surface area contributed by atoms with E-state index in [9.17, 15) is 13.5 Å². The normalized spacial score (nSPS) is 13.3. The highest BCUT2D eigenvalue weighted by atomic mass is 32.2. The summed E-state index contributed by atoms with van der Waals surface area (Å²) in [5, 5.41) is 14.3. The van der Waals surface area contributed by atoms with Gasteiger partial charge in [0.1, 0.15) is 4.21 Å². The maximum Gasteiger partial charge on any atom is 0.271 e. The van der Waals surface area contributed by atoms with Crippen LogP contribution in [-0.2, 0) is 10.0 Å². The zero-order valence-corrected chi connectivity index (χ0v) is 15.6. The first kappa shape index (κ1) is 18.2. The van der Waals surface area contributed by atoms with Gasteiger partial charge in [-0.1, -0.05) is 54.6 Å². The van der Waals surface area contributed by atoms with Crippen LogP contribution in [-0.4, -0.2) is 14.3 Å². The van der Waals surface area contributed by atoms with E-state index in [-0.39, 0.29) is 21.5 Å². The molecule has 0 amide bonds. The van der Waals surface area contributed by atoms with E-state index in [1.165, 1.54) is 6.07 Å². The Hall–Kier alpha value is -2.64. The van der Waals surface area contributed by atoms with Gasteiger partial charge in [-0.3, -0.25) is 9.71 Å². The number of nitrogens with zero attached hydrogens (tertiary/aromatic N) is 1. The van der Waals surface area contributed by atoms with Crippen molar-refractivity contribution >= 4 is 32.9 Å². The number of thiophene rings is 1. The number of hydrogen-bond acceptors (Lipinski definition) is 5. The number of aliphatic imine (C=N–C) groups is 1. The fourth-order valence-corrected chi connectivity index (χ4v) is 4.49. The van der Waals surface area contributed by atoms with E-state index in [4.69, 9.17) is 0 Å². The number of nitrogens with one attached hydrogen (secondary N) is 1. The molecule has 1 heterocycles. The van der Waals surface area contributed by atoms with Gasteiger partial charge >= 0.3 is 0 Å². The topological polar surface area (TPSA) is 81.6 Å². The van der Waals surface area contributed by atoms with Crippen molar-refractivity contribution in [2.75, 3.05) is 4.72 Å². The molecular weight excluding hydrogens is 368 g/mol. The van der Waals surface area contributed by atoms with Gasteiger partial charge in [0.05, 0.1) is 11.7 Å². The van der Waals surface area contributed by atoms with Crippen LogP contribution >= 0.6 is 11.3 Å². The predicted octanol–water partition coefficient (Wildman–Crippen LogP) is 3.42. The molecule has 0 fully saturated rings. The summed E-state index contributed by atoms with van der Waals surface area (Å²) in [5.74, 6) is -0.467. The molecule has 0 unspecified atom stereocenters. The number of benzene rings is 2. The maximum absolute atomic E-state index is 12.6. The summed E-state index contributed by atoms with van der Waals surface area (Å²) in [6, 6.07) is 18.8. The standard InChI is InChI=1S/C19H18N2O3S2/c1-14(15-8-3-2-4-9-15)20-19(22)16-10-5-6-11-17(16)21-26(23,24)18-12-7-13-25-18/h2-14,21H,1H3,(H,20,22)/p-1/t14-/m0/s1. The molecule has 0 saturated carbocycles. The van der Waals surface area contributed by atoms with Crippen molar-refractivity contribution in [1.29, 1.82) is 0 Å². The second-order valence-electron chi connectivity index (χ2n) is 5.60. The quantitative estimate of drug-likeness (QED) is 0.521. The molecule has 1 N–H and O–H groups in total. The largest absolute Gasteiger partial charge is 0.858 e. The zero-order valence-electron chi connectivity index (χ0n) is 14.0. The van der Waals surface area contributed by atoms with Crippen LogP contribution in [0.1, 0.15) is 24.1 Å². The van der Waals surface area contributed by atoms with Gasteiger partial charge in [-0.2, -0.15) is 0 Å². The maximum atomic E-state index is 12.6. The lowest BCUT2D eigenvalue weighted by molar-refractivity contribution is -0.213. The van der Waals surface area contributed by atoms with Gasteiger partial charge in [0.15, 0.2) is 0 Å². The van der Waals surface area contributed by atoms with Crippen LogP contribution in [0.15, 0.2) is 81.3 Å². The molecule has 3 rings (SSSR count). The van der Waals surface area contributed by atoms with Gasteiger partial charge < -0.3 is 5.11 Å². The summed E-state index contributed by atoms with van der Waals surface area (Å²) in [6.45, 7) is 1.83. The average molecular weight is 385 g/mol.